The standard InChI is InChI=1S/C14H18N2O4/c1-20-14(19)9-3-2-6-16(8-9)13(18)11-7-10(17)4-5-12(11)15/h4-5,7,9,17H,2-3,6,8,15H2,1H3. The molecule has 108 valence electrons. The lowest BCUT2D eigenvalue weighted by atomic mass is 9.97. The topological polar surface area (TPSA) is 92.9 Å². The van der Waals surface area contributed by atoms with Crippen molar-refractivity contribution < 1.29 is 19.4 Å². The third-order valence-electron chi connectivity index (χ3n) is 3.51. The van der Waals surface area contributed by atoms with Crippen LogP contribution in [0.5, 0.6) is 5.75 Å². The van der Waals surface area contributed by atoms with Crippen LogP contribution in [0.2, 0.25) is 0 Å². The number of likely N-dealkylation sites (tertiary alicyclic amines) is 1. The molecule has 2 rings (SSSR count). The lowest BCUT2D eigenvalue weighted by Crippen LogP contribution is -2.42. The number of carbonyl (C=O) groups excluding carboxylic acids is 2. The summed E-state index contributed by atoms with van der Waals surface area (Å²) in [5, 5.41) is 9.46. The second kappa shape index (κ2) is 5.81. The van der Waals surface area contributed by atoms with E-state index in [1.165, 1.54) is 25.3 Å². The summed E-state index contributed by atoms with van der Waals surface area (Å²) in [6, 6.07) is 4.27. The molecule has 0 aliphatic carbocycles. The number of nitrogen functional groups attached to an aromatic ring is 1. The van der Waals surface area contributed by atoms with Crippen molar-refractivity contribution in [2.24, 2.45) is 5.92 Å². The van der Waals surface area contributed by atoms with E-state index in [1.807, 2.05) is 0 Å². The molecule has 1 amide bonds. The fourth-order valence-corrected chi connectivity index (χ4v) is 2.42. The number of benzene rings is 1. The van der Waals surface area contributed by atoms with Crippen LogP contribution >= 0.6 is 0 Å². The molecule has 1 aliphatic heterocycles. The minimum Gasteiger partial charge on any atom is -0.508 e. The quantitative estimate of drug-likeness (QED) is 0.478. The van der Waals surface area contributed by atoms with Gasteiger partial charge in [-0.1, -0.05) is 0 Å². The zero-order valence-electron chi connectivity index (χ0n) is 11.3. The van der Waals surface area contributed by atoms with Crippen molar-refractivity contribution in [3.8, 4) is 5.75 Å². The van der Waals surface area contributed by atoms with E-state index in [0.29, 0.717) is 25.2 Å². The third-order valence-corrected chi connectivity index (χ3v) is 3.51. The summed E-state index contributed by atoms with van der Waals surface area (Å²) < 4.78 is 4.72. The van der Waals surface area contributed by atoms with Crippen LogP contribution < -0.4 is 5.73 Å². The Hall–Kier alpha value is -2.24. The third kappa shape index (κ3) is 2.84. The molecule has 0 bridgehead atoms. The summed E-state index contributed by atoms with van der Waals surface area (Å²) in [6.45, 7) is 0.891. The predicted molar refractivity (Wildman–Crippen MR) is 73.2 cm³/mol. The van der Waals surface area contributed by atoms with Gasteiger partial charge in [-0.25, -0.2) is 0 Å². The van der Waals surface area contributed by atoms with Gasteiger partial charge in [-0.15, -0.1) is 0 Å². The average Bonchev–Trinajstić information content (AvgIpc) is 2.48. The zero-order valence-corrected chi connectivity index (χ0v) is 11.3. The highest BCUT2D eigenvalue weighted by Gasteiger charge is 2.30. The molecule has 1 aromatic rings. The van der Waals surface area contributed by atoms with E-state index >= 15 is 0 Å². The zero-order chi connectivity index (χ0) is 14.7. The number of esters is 1. The highest BCUT2D eigenvalue weighted by molar-refractivity contribution is 5.99. The van der Waals surface area contributed by atoms with Crippen LogP contribution in [-0.2, 0) is 9.53 Å². The smallest absolute Gasteiger partial charge is 0.310 e. The van der Waals surface area contributed by atoms with Crippen LogP contribution in [-0.4, -0.2) is 42.1 Å². The van der Waals surface area contributed by atoms with Crippen molar-refractivity contribution in [2.45, 2.75) is 12.8 Å². The van der Waals surface area contributed by atoms with Crippen LogP contribution in [0.1, 0.15) is 23.2 Å². The Morgan fingerprint density at radius 2 is 2.20 bits per heavy atom. The number of carbonyl (C=O) groups is 2. The first-order valence-electron chi connectivity index (χ1n) is 6.48. The van der Waals surface area contributed by atoms with E-state index < -0.39 is 0 Å². The molecule has 0 aromatic heterocycles. The van der Waals surface area contributed by atoms with Crippen molar-refractivity contribution >= 4 is 17.6 Å². The second-order valence-corrected chi connectivity index (χ2v) is 4.89. The molecular formula is C14H18N2O4. The highest BCUT2D eigenvalue weighted by Crippen LogP contribution is 2.24. The lowest BCUT2D eigenvalue weighted by molar-refractivity contribution is -0.146. The average molecular weight is 278 g/mol. The molecule has 1 aromatic carbocycles. The van der Waals surface area contributed by atoms with Crippen LogP contribution in [0, 0.1) is 5.92 Å². The van der Waals surface area contributed by atoms with E-state index in [-0.39, 0.29) is 29.1 Å². The number of hydrogen-bond donors (Lipinski definition) is 2. The summed E-state index contributed by atoms with van der Waals surface area (Å²) in [5.74, 6) is -0.876. The normalized spacial score (nSPS) is 18.6. The lowest BCUT2D eigenvalue weighted by Gasteiger charge is -2.31. The first-order chi connectivity index (χ1) is 9.52. The number of anilines is 1. The summed E-state index contributed by atoms with van der Waals surface area (Å²) in [4.78, 5) is 25.6. The van der Waals surface area contributed by atoms with Crippen molar-refractivity contribution in [2.75, 3.05) is 25.9 Å². The Bertz CT molecular complexity index is 530. The van der Waals surface area contributed by atoms with Gasteiger partial charge < -0.3 is 20.5 Å². The Morgan fingerprint density at radius 3 is 2.90 bits per heavy atom. The molecule has 1 heterocycles. The van der Waals surface area contributed by atoms with Gasteiger partial charge in [0.1, 0.15) is 5.75 Å². The van der Waals surface area contributed by atoms with Crippen molar-refractivity contribution in [3.63, 3.8) is 0 Å². The Morgan fingerprint density at radius 1 is 1.45 bits per heavy atom. The Labute approximate surface area is 117 Å². The molecule has 1 atom stereocenters. The number of ether oxygens (including phenoxy) is 1. The van der Waals surface area contributed by atoms with Gasteiger partial charge in [0.2, 0.25) is 0 Å². The van der Waals surface area contributed by atoms with E-state index in [9.17, 15) is 14.7 Å². The van der Waals surface area contributed by atoms with Crippen molar-refractivity contribution in [3.05, 3.63) is 23.8 Å². The largest absolute Gasteiger partial charge is 0.508 e. The highest BCUT2D eigenvalue weighted by atomic mass is 16.5. The molecular weight excluding hydrogens is 260 g/mol. The molecule has 0 radical (unpaired) electrons. The minimum atomic E-state index is -0.300. The number of rotatable bonds is 2. The summed E-state index contributed by atoms with van der Waals surface area (Å²) in [7, 11) is 1.34. The number of amides is 1. The number of methoxy groups -OCH3 is 1. The number of piperidine rings is 1. The summed E-state index contributed by atoms with van der Waals surface area (Å²) >= 11 is 0. The number of phenolic OH excluding ortho intramolecular Hbond substituents is 1. The molecule has 6 heteroatoms. The number of nitrogens with zero attached hydrogens (tertiary/aromatic N) is 1. The molecule has 3 N–H and O–H groups in total. The first kappa shape index (κ1) is 14.2. The fraction of sp³-hybridized carbons (Fsp3) is 0.429. The van der Waals surface area contributed by atoms with Crippen LogP contribution in [0.4, 0.5) is 5.69 Å². The van der Waals surface area contributed by atoms with Gasteiger partial charge in [0.15, 0.2) is 0 Å². The molecule has 0 saturated carbocycles. The minimum absolute atomic E-state index is 0.0101. The Kier molecular flexibility index (Phi) is 4.12. The van der Waals surface area contributed by atoms with Gasteiger partial charge in [-0.3, -0.25) is 9.59 Å². The van der Waals surface area contributed by atoms with Gasteiger partial charge in [0, 0.05) is 18.8 Å². The van der Waals surface area contributed by atoms with Crippen molar-refractivity contribution in [1.29, 1.82) is 0 Å². The molecule has 1 saturated heterocycles. The van der Waals surface area contributed by atoms with E-state index in [4.69, 9.17) is 10.5 Å². The number of hydrogen-bond acceptors (Lipinski definition) is 5. The first-order valence-corrected chi connectivity index (χ1v) is 6.48. The Balaban J connectivity index is 2.16. The van der Waals surface area contributed by atoms with Crippen LogP contribution in [0.15, 0.2) is 18.2 Å². The maximum absolute atomic E-state index is 12.4. The van der Waals surface area contributed by atoms with E-state index in [2.05, 4.69) is 0 Å². The fourth-order valence-electron chi connectivity index (χ4n) is 2.42. The number of nitrogens with two attached hydrogens (primary N) is 1. The molecule has 6 nitrogen and oxygen atoms in total. The van der Waals surface area contributed by atoms with Gasteiger partial charge in [-0.05, 0) is 31.0 Å². The SMILES string of the molecule is COC(=O)C1CCCN(C(=O)c2cc(O)ccc2N)C1. The second-order valence-electron chi connectivity index (χ2n) is 4.89. The van der Waals surface area contributed by atoms with Crippen molar-refractivity contribution in [1.82, 2.24) is 4.90 Å². The van der Waals surface area contributed by atoms with Gasteiger partial charge in [-0.2, -0.15) is 0 Å². The van der Waals surface area contributed by atoms with Gasteiger partial charge in [0.05, 0.1) is 18.6 Å². The number of aromatic hydroxyl groups is 1. The summed E-state index contributed by atoms with van der Waals surface area (Å²) in [6.07, 6.45) is 1.45. The van der Waals surface area contributed by atoms with Crippen LogP contribution in [0.3, 0.4) is 0 Å². The molecule has 20 heavy (non-hydrogen) atoms. The molecule has 1 unspecified atom stereocenters. The maximum Gasteiger partial charge on any atom is 0.310 e. The molecule has 0 spiro atoms. The maximum atomic E-state index is 12.4. The van der Waals surface area contributed by atoms with E-state index in [1.54, 1.807) is 4.90 Å². The number of phenols is 1. The monoisotopic (exact) mass is 278 g/mol. The molecule has 1 fully saturated rings. The van der Waals surface area contributed by atoms with Gasteiger partial charge >= 0.3 is 5.97 Å². The molecule has 1 aliphatic rings. The predicted octanol–water partition coefficient (Wildman–Crippen LogP) is 1.000. The summed E-state index contributed by atoms with van der Waals surface area (Å²) in [5.41, 5.74) is 6.34. The van der Waals surface area contributed by atoms with Gasteiger partial charge in [0.25, 0.3) is 5.91 Å². The van der Waals surface area contributed by atoms with E-state index in [0.717, 1.165) is 6.42 Å². The van der Waals surface area contributed by atoms with Crippen LogP contribution in [0.25, 0.3) is 0 Å².